The number of piperazine rings is 1. The van der Waals surface area contributed by atoms with Crippen molar-refractivity contribution in [2.45, 2.75) is 25.7 Å². The Morgan fingerprint density at radius 1 is 1.12 bits per heavy atom. The molecule has 0 bridgehead atoms. The summed E-state index contributed by atoms with van der Waals surface area (Å²) >= 11 is 0. The zero-order chi connectivity index (χ0) is 11.4. The summed E-state index contributed by atoms with van der Waals surface area (Å²) in [5, 5.41) is 8.56. The Kier molecular flexibility index (Phi) is 4.18. The summed E-state index contributed by atoms with van der Waals surface area (Å²) in [6.45, 7) is 6.82. The van der Waals surface area contributed by atoms with Crippen LogP contribution in [0.25, 0.3) is 0 Å². The molecule has 0 unspecified atom stereocenters. The van der Waals surface area contributed by atoms with Gasteiger partial charge in [-0.3, -0.25) is 4.79 Å². The molecule has 4 heteroatoms. The monoisotopic (exact) mass is 226 g/mol. The maximum absolute atomic E-state index is 10.4. The van der Waals surface area contributed by atoms with Crippen LogP contribution >= 0.6 is 0 Å². The van der Waals surface area contributed by atoms with Crippen LogP contribution in [0.15, 0.2) is 0 Å². The number of carbonyl (C=O) groups is 1. The summed E-state index contributed by atoms with van der Waals surface area (Å²) in [5.41, 5.74) is 0. The van der Waals surface area contributed by atoms with Crippen LogP contribution in [0.4, 0.5) is 0 Å². The van der Waals surface area contributed by atoms with Gasteiger partial charge in [0.25, 0.3) is 0 Å². The lowest BCUT2D eigenvalue weighted by Gasteiger charge is -2.34. The van der Waals surface area contributed by atoms with Crippen molar-refractivity contribution in [1.29, 1.82) is 0 Å². The molecule has 2 fully saturated rings. The van der Waals surface area contributed by atoms with Crippen molar-refractivity contribution in [3.63, 3.8) is 0 Å². The molecule has 0 amide bonds. The first-order chi connectivity index (χ1) is 7.74. The zero-order valence-electron chi connectivity index (χ0n) is 9.90. The van der Waals surface area contributed by atoms with E-state index in [9.17, 15) is 4.79 Å². The van der Waals surface area contributed by atoms with Gasteiger partial charge in [-0.15, -0.1) is 0 Å². The van der Waals surface area contributed by atoms with Gasteiger partial charge in [-0.25, -0.2) is 0 Å². The molecule has 1 N–H and O–H groups in total. The molecule has 4 nitrogen and oxygen atoms in total. The quantitative estimate of drug-likeness (QED) is 0.730. The maximum atomic E-state index is 10.4. The molecular weight excluding hydrogens is 204 g/mol. The summed E-state index contributed by atoms with van der Waals surface area (Å²) in [7, 11) is 0. The number of carboxylic acids is 1. The van der Waals surface area contributed by atoms with E-state index in [1.165, 1.54) is 32.5 Å². The summed E-state index contributed by atoms with van der Waals surface area (Å²) in [5.74, 6) is 0.311. The lowest BCUT2D eigenvalue weighted by Crippen LogP contribution is -2.47. The van der Waals surface area contributed by atoms with Gasteiger partial charge in [-0.2, -0.15) is 0 Å². The maximum Gasteiger partial charge on any atom is 0.303 e. The highest BCUT2D eigenvalue weighted by atomic mass is 16.4. The van der Waals surface area contributed by atoms with Crippen molar-refractivity contribution in [3.05, 3.63) is 0 Å². The van der Waals surface area contributed by atoms with Crippen LogP contribution in [0, 0.1) is 5.92 Å². The van der Waals surface area contributed by atoms with Gasteiger partial charge in [0.05, 0.1) is 0 Å². The third kappa shape index (κ3) is 4.10. The van der Waals surface area contributed by atoms with Crippen LogP contribution in [0.2, 0.25) is 0 Å². The number of aliphatic carboxylic acids is 1. The predicted octanol–water partition coefficient (Wildman–Crippen LogP) is 0.879. The normalized spacial score (nSPS) is 23.5. The second kappa shape index (κ2) is 5.64. The minimum atomic E-state index is -0.674. The fourth-order valence-electron chi connectivity index (χ4n) is 2.31. The molecule has 2 aliphatic rings. The van der Waals surface area contributed by atoms with E-state index in [1.807, 2.05) is 0 Å². The molecule has 0 aromatic rings. The third-order valence-corrected chi connectivity index (χ3v) is 3.54. The van der Waals surface area contributed by atoms with E-state index in [-0.39, 0.29) is 0 Å². The fraction of sp³-hybridized carbons (Fsp3) is 0.917. The van der Waals surface area contributed by atoms with E-state index < -0.39 is 5.97 Å². The first-order valence-corrected chi connectivity index (χ1v) is 6.40. The minimum Gasteiger partial charge on any atom is -0.481 e. The zero-order valence-corrected chi connectivity index (χ0v) is 9.90. The average molecular weight is 226 g/mol. The Labute approximate surface area is 97.2 Å². The third-order valence-electron chi connectivity index (χ3n) is 3.54. The largest absolute Gasteiger partial charge is 0.481 e. The van der Waals surface area contributed by atoms with Crippen LogP contribution in [0.1, 0.15) is 25.7 Å². The lowest BCUT2D eigenvalue weighted by molar-refractivity contribution is -0.137. The molecule has 0 aromatic heterocycles. The van der Waals surface area contributed by atoms with E-state index in [0.29, 0.717) is 6.42 Å². The topological polar surface area (TPSA) is 43.8 Å². The SMILES string of the molecule is O=C(O)CCCN1CCN(CC2CC2)CC1. The molecule has 0 spiro atoms. The van der Waals surface area contributed by atoms with Gasteiger partial charge in [0.15, 0.2) is 0 Å². The van der Waals surface area contributed by atoms with Crippen molar-refractivity contribution >= 4 is 5.97 Å². The number of carboxylic acid groups (broad SMARTS) is 1. The van der Waals surface area contributed by atoms with Gasteiger partial charge in [0.1, 0.15) is 0 Å². The van der Waals surface area contributed by atoms with Crippen molar-refractivity contribution in [3.8, 4) is 0 Å². The van der Waals surface area contributed by atoms with Gasteiger partial charge in [0.2, 0.25) is 0 Å². The number of hydrogen-bond donors (Lipinski definition) is 1. The predicted molar refractivity (Wildman–Crippen MR) is 62.5 cm³/mol. The first-order valence-electron chi connectivity index (χ1n) is 6.40. The van der Waals surface area contributed by atoms with Gasteiger partial charge in [0, 0.05) is 39.1 Å². The summed E-state index contributed by atoms with van der Waals surface area (Å²) < 4.78 is 0. The van der Waals surface area contributed by atoms with Crippen molar-refractivity contribution in [2.24, 2.45) is 5.92 Å². The Balaban J connectivity index is 1.55. The van der Waals surface area contributed by atoms with Crippen LogP contribution in [0.3, 0.4) is 0 Å². The summed E-state index contributed by atoms with van der Waals surface area (Å²) in [6.07, 6.45) is 3.96. The van der Waals surface area contributed by atoms with E-state index in [2.05, 4.69) is 9.80 Å². The second-order valence-corrected chi connectivity index (χ2v) is 5.08. The molecule has 1 saturated heterocycles. The Hall–Kier alpha value is -0.610. The molecule has 1 aliphatic heterocycles. The number of rotatable bonds is 6. The molecule has 1 aliphatic carbocycles. The Morgan fingerprint density at radius 3 is 2.31 bits per heavy atom. The molecule has 1 heterocycles. The van der Waals surface area contributed by atoms with Crippen molar-refractivity contribution < 1.29 is 9.90 Å². The highest BCUT2D eigenvalue weighted by Gasteiger charge is 2.26. The van der Waals surface area contributed by atoms with E-state index >= 15 is 0 Å². The van der Waals surface area contributed by atoms with Gasteiger partial charge >= 0.3 is 5.97 Å². The van der Waals surface area contributed by atoms with E-state index in [4.69, 9.17) is 5.11 Å². The molecule has 1 saturated carbocycles. The number of hydrogen-bond acceptors (Lipinski definition) is 3. The van der Waals surface area contributed by atoms with Gasteiger partial charge < -0.3 is 14.9 Å². The molecule has 0 aromatic carbocycles. The smallest absolute Gasteiger partial charge is 0.303 e. The summed E-state index contributed by atoms with van der Waals surface area (Å²) in [6, 6.07) is 0. The van der Waals surface area contributed by atoms with Crippen LogP contribution in [0.5, 0.6) is 0 Å². The second-order valence-electron chi connectivity index (χ2n) is 5.08. The van der Waals surface area contributed by atoms with Gasteiger partial charge in [-0.05, 0) is 31.7 Å². The fourth-order valence-corrected chi connectivity index (χ4v) is 2.31. The lowest BCUT2D eigenvalue weighted by atomic mass is 10.2. The van der Waals surface area contributed by atoms with Crippen LogP contribution in [-0.4, -0.2) is 60.1 Å². The average Bonchev–Trinajstić information content (AvgIpc) is 3.04. The molecular formula is C12H22N2O2. The highest BCUT2D eigenvalue weighted by Crippen LogP contribution is 2.29. The molecule has 2 rings (SSSR count). The molecule has 16 heavy (non-hydrogen) atoms. The van der Waals surface area contributed by atoms with Crippen molar-refractivity contribution in [1.82, 2.24) is 9.80 Å². The first kappa shape index (κ1) is 11.9. The number of nitrogens with zero attached hydrogens (tertiary/aromatic N) is 2. The molecule has 0 radical (unpaired) electrons. The Bertz CT molecular complexity index is 233. The summed E-state index contributed by atoms with van der Waals surface area (Å²) in [4.78, 5) is 15.4. The Morgan fingerprint density at radius 2 is 1.75 bits per heavy atom. The van der Waals surface area contributed by atoms with Crippen LogP contribution < -0.4 is 0 Å². The molecule has 0 atom stereocenters. The van der Waals surface area contributed by atoms with E-state index in [1.54, 1.807) is 0 Å². The van der Waals surface area contributed by atoms with Crippen LogP contribution in [-0.2, 0) is 4.79 Å². The highest BCUT2D eigenvalue weighted by molar-refractivity contribution is 5.66. The minimum absolute atomic E-state index is 0.308. The van der Waals surface area contributed by atoms with E-state index in [0.717, 1.165) is 32.0 Å². The van der Waals surface area contributed by atoms with Gasteiger partial charge in [-0.1, -0.05) is 0 Å². The molecule has 92 valence electrons. The standard InChI is InChI=1S/C12H22N2O2/c15-12(16)2-1-5-13-6-8-14(9-7-13)10-11-3-4-11/h11H,1-10H2,(H,15,16). The van der Waals surface area contributed by atoms with Crippen molar-refractivity contribution in [2.75, 3.05) is 39.3 Å².